The third kappa shape index (κ3) is 4.07. The van der Waals surface area contributed by atoms with E-state index in [0.29, 0.717) is 17.9 Å². The Morgan fingerprint density at radius 1 is 1.00 bits per heavy atom. The first-order valence-corrected chi connectivity index (χ1v) is 5.74. The molecule has 92 valence electrons. The number of carboxylic acid groups (broad SMARTS) is 2. The lowest BCUT2D eigenvalue weighted by molar-refractivity contribution is 0.0696. The lowest BCUT2D eigenvalue weighted by Gasteiger charge is -2.04. The smallest absolute Gasteiger partial charge is 0.335 e. The standard InChI is InChI=1S/C12H13ClO4/c13-4-2-1-3-8-5-9(11(14)15)7-10(6-8)12(16)17/h5-7H,1-4H2,(H,14,15)(H,16,17). The molecular weight excluding hydrogens is 244 g/mol. The average molecular weight is 257 g/mol. The number of carboxylic acids is 2. The number of unbranched alkanes of at least 4 members (excludes halogenated alkanes) is 1. The van der Waals surface area contributed by atoms with Gasteiger partial charge in [0.25, 0.3) is 0 Å². The Labute approximate surface area is 104 Å². The lowest BCUT2D eigenvalue weighted by Crippen LogP contribution is -2.04. The minimum Gasteiger partial charge on any atom is -0.478 e. The summed E-state index contributed by atoms with van der Waals surface area (Å²) in [6, 6.07) is 4.17. The van der Waals surface area contributed by atoms with Crippen LogP contribution in [0.15, 0.2) is 18.2 Å². The van der Waals surface area contributed by atoms with Gasteiger partial charge in [-0.2, -0.15) is 0 Å². The van der Waals surface area contributed by atoms with Gasteiger partial charge >= 0.3 is 11.9 Å². The van der Waals surface area contributed by atoms with Gasteiger partial charge in [-0.3, -0.25) is 0 Å². The zero-order valence-electron chi connectivity index (χ0n) is 9.15. The van der Waals surface area contributed by atoms with Gasteiger partial charge in [0.2, 0.25) is 0 Å². The predicted molar refractivity (Wildman–Crippen MR) is 64.0 cm³/mol. The van der Waals surface area contributed by atoms with Crippen molar-refractivity contribution in [2.45, 2.75) is 19.3 Å². The molecule has 0 saturated carbocycles. The number of hydrogen-bond donors (Lipinski definition) is 2. The summed E-state index contributed by atoms with van der Waals surface area (Å²) < 4.78 is 0. The molecular formula is C12H13ClO4. The minimum absolute atomic E-state index is 0.00535. The van der Waals surface area contributed by atoms with Crippen molar-refractivity contribution >= 4 is 23.5 Å². The van der Waals surface area contributed by atoms with Gasteiger partial charge in [-0.15, -0.1) is 11.6 Å². The molecule has 0 heterocycles. The molecule has 0 aliphatic carbocycles. The summed E-state index contributed by atoms with van der Waals surface area (Å²) >= 11 is 5.54. The predicted octanol–water partition coefficient (Wildman–Crippen LogP) is 2.64. The van der Waals surface area contributed by atoms with Crippen molar-refractivity contribution in [3.8, 4) is 0 Å². The second-order valence-electron chi connectivity index (χ2n) is 3.68. The number of benzene rings is 1. The Bertz CT molecular complexity index is 396. The van der Waals surface area contributed by atoms with Crippen molar-refractivity contribution in [1.82, 2.24) is 0 Å². The first-order valence-electron chi connectivity index (χ1n) is 5.21. The number of carbonyl (C=O) groups is 2. The summed E-state index contributed by atoms with van der Waals surface area (Å²) in [4.78, 5) is 21.7. The maximum Gasteiger partial charge on any atom is 0.335 e. The van der Waals surface area contributed by atoms with E-state index in [-0.39, 0.29) is 11.1 Å². The van der Waals surface area contributed by atoms with Crippen LogP contribution >= 0.6 is 11.6 Å². The molecule has 0 saturated heterocycles. The van der Waals surface area contributed by atoms with Gasteiger partial charge in [0.15, 0.2) is 0 Å². The Hall–Kier alpha value is -1.55. The van der Waals surface area contributed by atoms with E-state index in [0.717, 1.165) is 18.9 Å². The van der Waals surface area contributed by atoms with E-state index in [1.165, 1.54) is 12.1 Å². The highest BCUT2D eigenvalue weighted by atomic mass is 35.5. The fraction of sp³-hybridized carbons (Fsp3) is 0.333. The molecule has 0 radical (unpaired) electrons. The monoisotopic (exact) mass is 256 g/mol. The molecule has 0 spiro atoms. The van der Waals surface area contributed by atoms with Crippen LogP contribution in [-0.4, -0.2) is 28.0 Å². The summed E-state index contributed by atoms with van der Waals surface area (Å²) in [6.07, 6.45) is 2.26. The maximum absolute atomic E-state index is 10.8. The molecule has 0 fully saturated rings. The van der Waals surface area contributed by atoms with Crippen LogP contribution in [0, 0.1) is 0 Å². The van der Waals surface area contributed by atoms with E-state index in [9.17, 15) is 9.59 Å². The maximum atomic E-state index is 10.8. The third-order valence-corrected chi connectivity index (χ3v) is 2.60. The SMILES string of the molecule is O=C(O)c1cc(CCCCCl)cc(C(=O)O)c1. The average Bonchev–Trinajstić information content (AvgIpc) is 2.29. The number of alkyl halides is 1. The second kappa shape index (κ2) is 6.25. The molecule has 0 aromatic heterocycles. The highest BCUT2D eigenvalue weighted by molar-refractivity contribution is 6.17. The van der Waals surface area contributed by atoms with Crippen LogP contribution in [0.1, 0.15) is 39.1 Å². The molecule has 0 unspecified atom stereocenters. The van der Waals surface area contributed by atoms with Gasteiger partial charge in [-0.05, 0) is 43.0 Å². The molecule has 0 aliphatic rings. The summed E-state index contributed by atoms with van der Waals surface area (Å²) in [5.41, 5.74) is 0.726. The van der Waals surface area contributed by atoms with Crippen molar-refractivity contribution in [3.63, 3.8) is 0 Å². The number of halogens is 1. The fourth-order valence-corrected chi connectivity index (χ4v) is 1.70. The van der Waals surface area contributed by atoms with Crippen molar-refractivity contribution in [2.24, 2.45) is 0 Å². The quantitative estimate of drug-likeness (QED) is 0.606. The number of rotatable bonds is 6. The van der Waals surface area contributed by atoms with Crippen LogP contribution < -0.4 is 0 Å². The molecule has 0 bridgehead atoms. The highest BCUT2D eigenvalue weighted by Gasteiger charge is 2.11. The Morgan fingerprint density at radius 3 is 1.94 bits per heavy atom. The van der Waals surface area contributed by atoms with E-state index in [1.54, 1.807) is 0 Å². The Kier molecular flexibility index (Phi) is 4.97. The minimum atomic E-state index is -1.12. The molecule has 0 atom stereocenters. The van der Waals surface area contributed by atoms with E-state index in [4.69, 9.17) is 21.8 Å². The van der Waals surface area contributed by atoms with Gasteiger partial charge in [0.05, 0.1) is 11.1 Å². The molecule has 0 aliphatic heterocycles. The van der Waals surface area contributed by atoms with Gasteiger partial charge in [0, 0.05) is 5.88 Å². The third-order valence-electron chi connectivity index (χ3n) is 2.34. The van der Waals surface area contributed by atoms with Gasteiger partial charge in [-0.1, -0.05) is 0 Å². The van der Waals surface area contributed by atoms with Crippen LogP contribution in [0.4, 0.5) is 0 Å². The number of aromatic carboxylic acids is 2. The number of hydrogen-bond acceptors (Lipinski definition) is 2. The molecule has 5 heteroatoms. The van der Waals surface area contributed by atoms with Crippen molar-refractivity contribution in [1.29, 1.82) is 0 Å². The van der Waals surface area contributed by atoms with Crippen molar-refractivity contribution < 1.29 is 19.8 Å². The summed E-state index contributed by atoms with van der Waals surface area (Å²) in [5, 5.41) is 17.7. The highest BCUT2D eigenvalue weighted by Crippen LogP contribution is 2.13. The largest absolute Gasteiger partial charge is 0.478 e. The first-order chi connectivity index (χ1) is 8.04. The summed E-state index contributed by atoms with van der Waals surface area (Å²) in [7, 11) is 0. The first kappa shape index (κ1) is 13.5. The summed E-state index contributed by atoms with van der Waals surface area (Å²) in [6.45, 7) is 0. The van der Waals surface area contributed by atoms with Crippen LogP contribution in [0.3, 0.4) is 0 Å². The van der Waals surface area contributed by atoms with Crippen LogP contribution in [0.25, 0.3) is 0 Å². The van der Waals surface area contributed by atoms with Gasteiger partial charge in [-0.25, -0.2) is 9.59 Å². The van der Waals surface area contributed by atoms with E-state index < -0.39 is 11.9 Å². The molecule has 0 amide bonds. The van der Waals surface area contributed by atoms with Gasteiger partial charge in [0.1, 0.15) is 0 Å². The molecule has 17 heavy (non-hydrogen) atoms. The molecule has 1 aromatic rings. The van der Waals surface area contributed by atoms with Crippen LogP contribution in [0.2, 0.25) is 0 Å². The number of aryl methyl sites for hydroxylation is 1. The normalized spacial score (nSPS) is 10.2. The van der Waals surface area contributed by atoms with E-state index in [2.05, 4.69) is 0 Å². The van der Waals surface area contributed by atoms with E-state index >= 15 is 0 Å². The Morgan fingerprint density at radius 2 is 1.53 bits per heavy atom. The van der Waals surface area contributed by atoms with Crippen LogP contribution in [-0.2, 0) is 6.42 Å². The Balaban J connectivity index is 2.95. The molecule has 4 nitrogen and oxygen atoms in total. The molecule has 2 N–H and O–H groups in total. The summed E-state index contributed by atoms with van der Waals surface area (Å²) in [5.74, 6) is -1.69. The van der Waals surface area contributed by atoms with Crippen molar-refractivity contribution in [2.75, 3.05) is 5.88 Å². The fourth-order valence-electron chi connectivity index (χ4n) is 1.51. The van der Waals surface area contributed by atoms with E-state index in [1.807, 2.05) is 0 Å². The molecule has 1 rings (SSSR count). The van der Waals surface area contributed by atoms with Crippen molar-refractivity contribution in [3.05, 3.63) is 34.9 Å². The zero-order valence-corrected chi connectivity index (χ0v) is 9.91. The van der Waals surface area contributed by atoms with Gasteiger partial charge < -0.3 is 10.2 Å². The second-order valence-corrected chi connectivity index (χ2v) is 4.05. The topological polar surface area (TPSA) is 74.6 Å². The zero-order chi connectivity index (χ0) is 12.8. The lowest BCUT2D eigenvalue weighted by atomic mass is 10.0. The molecule has 1 aromatic carbocycles. The van der Waals surface area contributed by atoms with Crippen LogP contribution in [0.5, 0.6) is 0 Å².